The molecule has 0 aromatic heterocycles. The smallest absolute Gasteiger partial charge is 0.300 e. The minimum atomic E-state index is -4.00. The van der Waals surface area contributed by atoms with E-state index in [-0.39, 0.29) is 6.54 Å². The van der Waals surface area contributed by atoms with Gasteiger partial charge < -0.3 is 0 Å². The molecular formula is C8H14F3N. The van der Waals surface area contributed by atoms with Crippen LogP contribution in [0.1, 0.15) is 20.3 Å². The molecule has 12 heavy (non-hydrogen) atoms. The van der Waals surface area contributed by atoms with Crippen molar-refractivity contribution < 1.29 is 13.2 Å². The van der Waals surface area contributed by atoms with Crippen molar-refractivity contribution in [2.75, 3.05) is 13.1 Å². The van der Waals surface area contributed by atoms with Crippen LogP contribution in [-0.2, 0) is 0 Å². The lowest BCUT2D eigenvalue weighted by atomic mass is 9.92. The van der Waals surface area contributed by atoms with Gasteiger partial charge in [-0.05, 0) is 12.8 Å². The van der Waals surface area contributed by atoms with Gasteiger partial charge in [0.15, 0.2) is 0 Å². The molecule has 1 heterocycles. The topological polar surface area (TPSA) is 3.24 Å². The van der Waals surface area contributed by atoms with Crippen molar-refractivity contribution in [1.29, 1.82) is 0 Å². The molecule has 2 atom stereocenters. The highest BCUT2D eigenvalue weighted by Gasteiger charge is 2.35. The van der Waals surface area contributed by atoms with Crippen LogP contribution in [0.3, 0.4) is 0 Å². The summed E-state index contributed by atoms with van der Waals surface area (Å²) in [7, 11) is 0. The van der Waals surface area contributed by atoms with Crippen LogP contribution in [0.15, 0.2) is 0 Å². The Morgan fingerprint density at radius 2 is 1.92 bits per heavy atom. The number of nitrogens with zero attached hydrogens (tertiary/aromatic N) is 1. The second kappa shape index (κ2) is 3.24. The van der Waals surface area contributed by atoms with Crippen molar-refractivity contribution in [3.63, 3.8) is 0 Å². The number of hydrogen-bond donors (Lipinski definition) is 0. The molecule has 1 aliphatic rings. The molecular weight excluding hydrogens is 167 g/mol. The number of likely N-dealkylation sites (tertiary alicyclic amines) is 1. The Kier molecular flexibility index (Phi) is 2.66. The van der Waals surface area contributed by atoms with Gasteiger partial charge in [-0.25, -0.2) is 0 Å². The Labute approximate surface area is 70.5 Å². The van der Waals surface area contributed by atoms with Crippen molar-refractivity contribution >= 4 is 0 Å². The molecule has 0 radical (unpaired) electrons. The summed E-state index contributed by atoms with van der Waals surface area (Å²) in [5.41, 5.74) is 0. The lowest BCUT2D eigenvalue weighted by Gasteiger charge is -2.45. The summed E-state index contributed by atoms with van der Waals surface area (Å²) < 4.78 is 35.3. The predicted molar refractivity (Wildman–Crippen MR) is 40.9 cm³/mol. The van der Waals surface area contributed by atoms with Crippen LogP contribution in [0.2, 0.25) is 0 Å². The van der Waals surface area contributed by atoms with Crippen LogP contribution in [0, 0.1) is 5.92 Å². The zero-order valence-corrected chi connectivity index (χ0v) is 7.36. The second-order valence-electron chi connectivity index (χ2n) is 3.58. The first-order valence-electron chi connectivity index (χ1n) is 4.21. The first kappa shape index (κ1) is 9.84. The van der Waals surface area contributed by atoms with E-state index in [0.717, 1.165) is 6.54 Å². The first-order chi connectivity index (χ1) is 5.40. The maximum absolute atomic E-state index is 11.8. The third-order valence-electron chi connectivity index (χ3n) is 2.60. The van der Waals surface area contributed by atoms with Crippen molar-refractivity contribution in [3.8, 4) is 0 Å². The van der Waals surface area contributed by atoms with Crippen molar-refractivity contribution in [1.82, 2.24) is 4.90 Å². The fraction of sp³-hybridized carbons (Fsp3) is 1.00. The molecule has 0 saturated carbocycles. The van der Waals surface area contributed by atoms with E-state index < -0.39 is 12.6 Å². The SMILES string of the molecule is CC1CN(CCC(F)(F)F)C1C. The molecule has 0 amide bonds. The van der Waals surface area contributed by atoms with E-state index >= 15 is 0 Å². The maximum Gasteiger partial charge on any atom is 0.390 e. The summed E-state index contributed by atoms with van der Waals surface area (Å²) in [5.74, 6) is 0.554. The van der Waals surface area contributed by atoms with Crippen LogP contribution in [0.4, 0.5) is 13.2 Å². The molecule has 72 valence electrons. The summed E-state index contributed by atoms with van der Waals surface area (Å²) in [5, 5.41) is 0. The Morgan fingerprint density at radius 3 is 2.25 bits per heavy atom. The van der Waals surface area contributed by atoms with Crippen molar-refractivity contribution in [2.24, 2.45) is 5.92 Å². The largest absolute Gasteiger partial charge is 0.390 e. The zero-order valence-electron chi connectivity index (χ0n) is 7.36. The Hall–Kier alpha value is -0.250. The van der Waals surface area contributed by atoms with Gasteiger partial charge in [0, 0.05) is 19.1 Å². The average molecular weight is 181 g/mol. The Bertz CT molecular complexity index is 155. The van der Waals surface area contributed by atoms with Gasteiger partial charge in [0.1, 0.15) is 0 Å². The molecule has 0 aliphatic carbocycles. The summed E-state index contributed by atoms with van der Waals surface area (Å²) >= 11 is 0. The zero-order chi connectivity index (χ0) is 9.35. The standard InChI is InChI=1S/C8H14F3N/c1-6-5-12(7(6)2)4-3-8(9,10)11/h6-7H,3-5H2,1-2H3. The van der Waals surface area contributed by atoms with Crippen molar-refractivity contribution in [3.05, 3.63) is 0 Å². The molecule has 1 fully saturated rings. The van der Waals surface area contributed by atoms with Gasteiger partial charge in [0.05, 0.1) is 6.42 Å². The van der Waals surface area contributed by atoms with Gasteiger partial charge in [-0.2, -0.15) is 13.2 Å². The van der Waals surface area contributed by atoms with E-state index in [9.17, 15) is 13.2 Å². The lowest BCUT2D eigenvalue weighted by molar-refractivity contribution is -0.144. The van der Waals surface area contributed by atoms with E-state index in [1.54, 1.807) is 0 Å². The van der Waals surface area contributed by atoms with Crippen molar-refractivity contribution in [2.45, 2.75) is 32.5 Å². The second-order valence-corrected chi connectivity index (χ2v) is 3.58. The van der Waals surface area contributed by atoms with Crippen LogP contribution in [0.5, 0.6) is 0 Å². The third kappa shape index (κ3) is 2.37. The van der Waals surface area contributed by atoms with E-state index in [1.165, 1.54) is 0 Å². The summed E-state index contributed by atoms with van der Waals surface area (Å²) in [6, 6.07) is 0.326. The molecule has 1 rings (SSSR count). The number of rotatable bonds is 2. The highest BCUT2D eigenvalue weighted by atomic mass is 19.4. The predicted octanol–water partition coefficient (Wildman–Crippen LogP) is 2.28. The Morgan fingerprint density at radius 1 is 1.33 bits per heavy atom. The van der Waals surface area contributed by atoms with E-state index in [1.807, 2.05) is 11.8 Å². The highest BCUT2D eigenvalue weighted by molar-refractivity contribution is 4.85. The fourth-order valence-electron chi connectivity index (χ4n) is 1.48. The molecule has 4 heteroatoms. The summed E-state index contributed by atoms with van der Waals surface area (Å²) in [4.78, 5) is 1.87. The molecule has 0 spiro atoms. The van der Waals surface area contributed by atoms with E-state index in [4.69, 9.17) is 0 Å². The summed E-state index contributed by atoms with van der Waals surface area (Å²) in [6.45, 7) is 5.02. The number of halogens is 3. The van der Waals surface area contributed by atoms with E-state index in [2.05, 4.69) is 6.92 Å². The number of hydrogen-bond acceptors (Lipinski definition) is 1. The minimum absolute atomic E-state index is 0.162. The molecule has 1 aliphatic heterocycles. The van der Waals surface area contributed by atoms with Gasteiger partial charge in [-0.15, -0.1) is 0 Å². The molecule has 1 saturated heterocycles. The molecule has 0 N–H and O–H groups in total. The van der Waals surface area contributed by atoms with Gasteiger partial charge >= 0.3 is 6.18 Å². The Balaban J connectivity index is 2.18. The van der Waals surface area contributed by atoms with E-state index in [0.29, 0.717) is 12.0 Å². The molecule has 0 aromatic rings. The van der Waals surface area contributed by atoms with Crippen LogP contribution < -0.4 is 0 Å². The first-order valence-corrected chi connectivity index (χ1v) is 4.21. The van der Waals surface area contributed by atoms with Crippen LogP contribution in [-0.4, -0.2) is 30.2 Å². The maximum atomic E-state index is 11.8. The number of alkyl halides is 3. The fourth-order valence-corrected chi connectivity index (χ4v) is 1.48. The lowest BCUT2D eigenvalue weighted by Crippen LogP contribution is -2.53. The normalized spacial score (nSPS) is 31.8. The molecule has 1 nitrogen and oxygen atoms in total. The highest BCUT2D eigenvalue weighted by Crippen LogP contribution is 2.27. The third-order valence-corrected chi connectivity index (χ3v) is 2.60. The average Bonchev–Trinajstić information content (AvgIpc) is 1.95. The monoisotopic (exact) mass is 181 g/mol. The van der Waals surface area contributed by atoms with Crippen LogP contribution >= 0.6 is 0 Å². The quantitative estimate of drug-likeness (QED) is 0.631. The minimum Gasteiger partial charge on any atom is -0.300 e. The van der Waals surface area contributed by atoms with Gasteiger partial charge in [0.2, 0.25) is 0 Å². The summed E-state index contributed by atoms with van der Waals surface area (Å²) in [6.07, 6.45) is -4.68. The molecule has 2 unspecified atom stereocenters. The molecule has 0 aromatic carbocycles. The van der Waals surface area contributed by atoms with Gasteiger partial charge in [-0.3, -0.25) is 4.90 Å². The molecule has 0 bridgehead atoms. The van der Waals surface area contributed by atoms with Gasteiger partial charge in [-0.1, -0.05) is 6.92 Å². The van der Waals surface area contributed by atoms with Gasteiger partial charge in [0.25, 0.3) is 0 Å². The van der Waals surface area contributed by atoms with Crippen LogP contribution in [0.25, 0.3) is 0 Å².